The normalized spacial score (nSPS) is 9.71. The van der Waals surface area contributed by atoms with Crippen molar-refractivity contribution in [1.82, 2.24) is 0 Å². The minimum atomic E-state index is -0.981. The molecule has 1 radical (unpaired) electrons. The summed E-state index contributed by atoms with van der Waals surface area (Å²) in [4.78, 5) is 21.6. The molecule has 73 valence electrons. The summed E-state index contributed by atoms with van der Waals surface area (Å²) in [7, 11) is 0. The van der Waals surface area contributed by atoms with Crippen molar-refractivity contribution in [2.24, 2.45) is 0 Å². The van der Waals surface area contributed by atoms with Crippen LogP contribution in [0.4, 0.5) is 0 Å². The highest BCUT2D eigenvalue weighted by Gasteiger charge is 2.05. The molecule has 0 saturated heterocycles. The molecule has 0 aromatic heterocycles. The lowest BCUT2D eigenvalue weighted by molar-refractivity contribution is -0.133. The van der Waals surface area contributed by atoms with Gasteiger partial charge in [0.1, 0.15) is 0 Å². The second kappa shape index (κ2) is 5.17. The summed E-state index contributed by atoms with van der Waals surface area (Å²) in [5, 5.41) is 8.33. The number of hydrogen-bond acceptors (Lipinski definition) is 2. The Bertz CT molecular complexity index is 317. The largest absolute Gasteiger partial charge is 0.481 e. The van der Waals surface area contributed by atoms with Crippen molar-refractivity contribution in [3.63, 3.8) is 0 Å². The van der Waals surface area contributed by atoms with Gasteiger partial charge in [-0.3, -0.25) is 9.59 Å². The Morgan fingerprint density at radius 3 is 2.43 bits per heavy atom. The lowest BCUT2D eigenvalue weighted by atomic mass is 10.1. The van der Waals surface area contributed by atoms with E-state index in [0.717, 1.165) is 6.42 Å². The Morgan fingerprint density at radius 2 is 1.86 bits per heavy atom. The van der Waals surface area contributed by atoms with Crippen molar-refractivity contribution in [3.05, 3.63) is 42.3 Å². The van der Waals surface area contributed by atoms with Crippen molar-refractivity contribution in [2.75, 3.05) is 0 Å². The van der Waals surface area contributed by atoms with E-state index in [4.69, 9.17) is 5.11 Å². The molecule has 14 heavy (non-hydrogen) atoms. The number of carboxylic acid groups (broad SMARTS) is 1. The molecule has 1 rings (SSSR count). The highest BCUT2D eigenvalue weighted by Crippen LogP contribution is 2.05. The molecule has 0 saturated carbocycles. The molecule has 0 unspecified atom stereocenters. The molecule has 3 heteroatoms. The predicted octanol–water partition coefficient (Wildman–Crippen LogP) is 1.94. The van der Waals surface area contributed by atoms with Crippen LogP contribution in [0, 0.1) is 6.42 Å². The van der Waals surface area contributed by atoms with Crippen LogP contribution < -0.4 is 0 Å². The van der Waals surface area contributed by atoms with E-state index in [-0.39, 0.29) is 18.6 Å². The topological polar surface area (TPSA) is 54.4 Å². The fourth-order valence-electron chi connectivity index (χ4n) is 1.10. The molecule has 0 amide bonds. The molecule has 0 bridgehead atoms. The summed E-state index contributed by atoms with van der Waals surface area (Å²) in [6, 6.07) is 8.86. The first-order chi connectivity index (χ1) is 6.70. The number of benzene rings is 1. The molecule has 1 aromatic carbocycles. The molecular weight excluding hydrogens is 180 g/mol. The Kier molecular flexibility index (Phi) is 3.85. The molecule has 0 fully saturated rings. The van der Waals surface area contributed by atoms with E-state index in [1.54, 1.807) is 24.3 Å². The van der Waals surface area contributed by atoms with Crippen LogP contribution in [0.2, 0.25) is 0 Å². The van der Waals surface area contributed by atoms with Crippen LogP contribution in [0.15, 0.2) is 30.3 Å². The first kappa shape index (κ1) is 10.4. The van der Waals surface area contributed by atoms with Crippen molar-refractivity contribution < 1.29 is 14.7 Å². The number of Topliss-reactive ketones (excluding diaryl/α,β-unsaturated/α-hetero) is 1. The standard InChI is InChI=1S/C11H11O3/c12-10(7-4-8-11(13)14)9-5-2-1-3-6-9/h1-3,5-6,8H,4,7H2,(H,13,14). The van der Waals surface area contributed by atoms with Gasteiger partial charge in [-0.05, 0) is 6.42 Å². The molecular formula is C11H11O3. The third-order valence-electron chi connectivity index (χ3n) is 1.79. The monoisotopic (exact) mass is 191 g/mol. The minimum Gasteiger partial charge on any atom is -0.481 e. The zero-order chi connectivity index (χ0) is 10.4. The third-order valence-corrected chi connectivity index (χ3v) is 1.79. The van der Waals surface area contributed by atoms with Crippen LogP contribution in [-0.4, -0.2) is 16.9 Å². The average Bonchev–Trinajstić information content (AvgIpc) is 2.18. The van der Waals surface area contributed by atoms with E-state index < -0.39 is 5.97 Å². The van der Waals surface area contributed by atoms with Crippen molar-refractivity contribution in [1.29, 1.82) is 0 Å². The zero-order valence-corrected chi connectivity index (χ0v) is 7.64. The number of carboxylic acids is 1. The summed E-state index contributed by atoms with van der Waals surface area (Å²) in [6.45, 7) is 0. The van der Waals surface area contributed by atoms with E-state index in [0.29, 0.717) is 5.56 Å². The second-order valence-corrected chi connectivity index (χ2v) is 2.87. The third kappa shape index (κ3) is 3.39. The Morgan fingerprint density at radius 1 is 1.21 bits per heavy atom. The highest BCUT2D eigenvalue weighted by atomic mass is 16.4. The first-order valence-corrected chi connectivity index (χ1v) is 4.34. The van der Waals surface area contributed by atoms with Crippen LogP contribution >= 0.6 is 0 Å². The summed E-state index contributed by atoms with van der Waals surface area (Å²) in [5.74, 6) is -1.01. The fourth-order valence-corrected chi connectivity index (χ4v) is 1.10. The lowest BCUT2D eigenvalue weighted by Gasteiger charge is -1.98. The quantitative estimate of drug-likeness (QED) is 0.723. The Labute approximate surface area is 82.4 Å². The van der Waals surface area contributed by atoms with Gasteiger partial charge in [0.2, 0.25) is 0 Å². The van der Waals surface area contributed by atoms with Gasteiger partial charge in [0.05, 0.1) is 6.42 Å². The molecule has 1 N–H and O–H groups in total. The van der Waals surface area contributed by atoms with Crippen molar-refractivity contribution >= 4 is 11.8 Å². The van der Waals surface area contributed by atoms with Crippen LogP contribution in [0.5, 0.6) is 0 Å². The molecule has 0 aliphatic rings. The molecule has 1 aromatic rings. The molecule has 3 nitrogen and oxygen atoms in total. The van der Waals surface area contributed by atoms with E-state index in [9.17, 15) is 9.59 Å². The fraction of sp³-hybridized carbons (Fsp3) is 0.182. The van der Waals surface area contributed by atoms with Crippen molar-refractivity contribution in [3.8, 4) is 0 Å². The maximum atomic E-state index is 11.4. The van der Waals surface area contributed by atoms with Gasteiger partial charge in [0.15, 0.2) is 5.78 Å². The molecule has 0 heterocycles. The van der Waals surface area contributed by atoms with Crippen molar-refractivity contribution in [2.45, 2.75) is 12.8 Å². The van der Waals surface area contributed by atoms with Gasteiger partial charge in [-0.25, -0.2) is 0 Å². The number of carbonyl (C=O) groups is 2. The lowest BCUT2D eigenvalue weighted by Crippen LogP contribution is -2.01. The number of aliphatic carboxylic acids is 1. The highest BCUT2D eigenvalue weighted by molar-refractivity contribution is 5.96. The maximum absolute atomic E-state index is 11.4. The van der Waals surface area contributed by atoms with Gasteiger partial charge in [0.25, 0.3) is 0 Å². The van der Waals surface area contributed by atoms with Crippen LogP contribution in [0.1, 0.15) is 23.2 Å². The SMILES string of the molecule is O=C(O)[CH]CCC(=O)c1ccccc1. The predicted molar refractivity (Wildman–Crippen MR) is 51.9 cm³/mol. The smallest absolute Gasteiger partial charge is 0.307 e. The number of carbonyl (C=O) groups excluding carboxylic acids is 1. The summed E-state index contributed by atoms with van der Waals surface area (Å²) in [5.41, 5.74) is 0.631. The summed E-state index contributed by atoms with van der Waals surface area (Å²) < 4.78 is 0. The van der Waals surface area contributed by atoms with Gasteiger partial charge >= 0.3 is 5.97 Å². The first-order valence-electron chi connectivity index (χ1n) is 4.34. The van der Waals surface area contributed by atoms with E-state index in [2.05, 4.69) is 0 Å². The van der Waals surface area contributed by atoms with Gasteiger partial charge in [-0.15, -0.1) is 0 Å². The van der Waals surface area contributed by atoms with Crippen LogP contribution in [-0.2, 0) is 4.79 Å². The number of ketones is 1. The Hall–Kier alpha value is -1.64. The van der Waals surface area contributed by atoms with Crippen LogP contribution in [0.3, 0.4) is 0 Å². The van der Waals surface area contributed by atoms with Gasteiger partial charge in [-0.2, -0.15) is 0 Å². The van der Waals surface area contributed by atoms with E-state index in [1.165, 1.54) is 0 Å². The van der Waals surface area contributed by atoms with Gasteiger partial charge in [-0.1, -0.05) is 30.3 Å². The number of rotatable bonds is 5. The summed E-state index contributed by atoms with van der Waals surface area (Å²) >= 11 is 0. The van der Waals surface area contributed by atoms with Gasteiger partial charge in [0, 0.05) is 12.0 Å². The van der Waals surface area contributed by atoms with Crippen LogP contribution in [0.25, 0.3) is 0 Å². The molecule has 0 atom stereocenters. The Balaban J connectivity index is 2.40. The van der Waals surface area contributed by atoms with E-state index in [1.807, 2.05) is 6.07 Å². The molecule has 0 aliphatic heterocycles. The number of hydrogen-bond donors (Lipinski definition) is 1. The molecule has 0 spiro atoms. The maximum Gasteiger partial charge on any atom is 0.307 e. The zero-order valence-electron chi connectivity index (χ0n) is 7.64. The van der Waals surface area contributed by atoms with E-state index >= 15 is 0 Å². The average molecular weight is 191 g/mol. The summed E-state index contributed by atoms with van der Waals surface area (Å²) in [6.07, 6.45) is 1.63. The second-order valence-electron chi connectivity index (χ2n) is 2.87. The van der Waals surface area contributed by atoms with Gasteiger partial charge < -0.3 is 5.11 Å². The molecule has 0 aliphatic carbocycles. The minimum absolute atomic E-state index is 0.0249.